The van der Waals surface area contributed by atoms with Gasteiger partial charge < -0.3 is 16.4 Å². The first-order valence-corrected chi connectivity index (χ1v) is 8.41. The van der Waals surface area contributed by atoms with Crippen LogP contribution in [0.15, 0.2) is 65.7 Å². The molecule has 0 aliphatic carbocycles. The minimum atomic E-state index is -0.0958. The van der Waals surface area contributed by atoms with Crippen molar-refractivity contribution in [3.63, 3.8) is 0 Å². The molecule has 1 aliphatic heterocycles. The number of benzene rings is 2. The number of carbonyl (C=O) groups excluding carboxylic acids is 1. The molecule has 5 N–H and O–H groups in total. The van der Waals surface area contributed by atoms with Crippen LogP contribution in [0.25, 0.3) is 0 Å². The van der Waals surface area contributed by atoms with Crippen LogP contribution in [0.1, 0.15) is 22.1 Å². The maximum Gasteiger partial charge on any atom is 0.259 e. The second-order valence-electron chi connectivity index (χ2n) is 5.38. The highest BCUT2D eigenvalue weighted by Gasteiger charge is 2.23. The second-order valence-corrected chi connectivity index (χ2v) is 6.52. The number of nitrogens with one attached hydrogen (secondary N) is 3. The van der Waals surface area contributed by atoms with Gasteiger partial charge in [-0.1, -0.05) is 66.4 Å². The number of nitrogens with two attached hydrogens (primary N) is 1. The van der Waals surface area contributed by atoms with Gasteiger partial charge in [0.1, 0.15) is 11.2 Å². The Bertz CT molecular complexity index is 771. The number of nitrogen functional groups attached to an aromatic ring is 1. The SMILES string of the molecule is N=C(N)c1ccc(CNC(=O)C2=CNC(c3ccccc3)S2)cc1. The minimum absolute atomic E-state index is 0.0381. The molecule has 0 radical (unpaired) electrons. The monoisotopic (exact) mass is 338 g/mol. The van der Waals surface area contributed by atoms with Crippen molar-refractivity contribution in [2.45, 2.75) is 11.9 Å². The zero-order chi connectivity index (χ0) is 16.9. The fourth-order valence-electron chi connectivity index (χ4n) is 2.33. The topological polar surface area (TPSA) is 91.0 Å². The van der Waals surface area contributed by atoms with Crippen LogP contribution in [0.2, 0.25) is 0 Å². The Labute approximate surface area is 144 Å². The third kappa shape index (κ3) is 3.78. The van der Waals surface area contributed by atoms with Gasteiger partial charge in [0.15, 0.2) is 0 Å². The van der Waals surface area contributed by atoms with Crippen LogP contribution in [-0.2, 0) is 11.3 Å². The average Bonchev–Trinajstić information content (AvgIpc) is 3.11. The van der Waals surface area contributed by atoms with Crippen LogP contribution < -0.4 is 16.4 Å². The fourth-order valence-corrected chi connectivity index (χ4v) is 3.33. The van der Waals surface area contributed by atoms with Gasteiger partial charge in [0.05, 0.1) is 4.91 Å². The van der Waals surface area contributed by atoms with E-state index in [1.807, 2.05) is 42.5 Å². The van der Waals surface area contributed by atoms with E-state index >= 15 is 0 Å². The third-order valence-corrected chi connectivity index (χ3v) is 4.86. The largest absolute Gasteiger partial charge is 0.384 e. The average molecular weight is 338 g/mol. The molecule has 1 heterocycles. The van der Waals surface area contributed by atoms with Crippen LogP contribution >= 0.6 is 11.8 Å². The molecule has 0 spiro atoms. The highest BCUT2D eigenvalue weighted by molar-refractivity contribution is 8.04. The van der Waals surface area contributed by atoms with Gasteiger partial charge in [0.25, 0.3) is 5.91 Å². The van der Waals surface area contributed by atoms with E-state index in [0.717, 1.165) is 11.1 Å². The summed E-state index contributed by atoms with van der Waals surface area (Å²) in [7, 11) is 0. The highest BCUT2D eigenvalue weighted by atomic mass is 32.2. The van der Waals surface area contributed by atoms with Gasteiger partial charge in [0.2, 0.25) is 0 Å². The minimum Gasteiger partial charge on any atom is -0.384 e. The van der Waals surface area contributed by atoms with E-state index in [1.54, 1.807) is 18.3 Å². The van der Waals surface area contributed by atoms with Crippen molar-refractivity contribution in [3.05, 3.63) is 82.4 Å². The number of hydrogen-bond acceptors (Lipinski definition) is 4. The van der Waals surface area contributed by atoms with Crippen molar-refractivity contribution >= 4 is 23.5 Å². The Balaban J connectivity index is 1.53. The number of thioether (sulfide) groups is 1. The van der Waals surface area contributed by atoms with Gasteiger partial charge in [-0.25, -0.2) is 0 Å². The normalized spacial score (nSPS) is 16.2. The molecule has 0 aromatic heterocycles. The van der Waals surface area contributed by atoms with E-state index < -0.39 is 0 Å². The molecule has 1 amide bonds. The molecule has 6 heteroatoms. The smallest absolute Gasteiger partial charge is 0.259 e. The molecule has 2 aromatic carbocycles. The zero-order valence-corrected chi connectivity index (χ0v) is 13.8. The number of amidine groups is 1. The zero-order valence-electron chi connectivity index (χ0n) is 13.0. The second kappa shape index (κ2) is 7.23. The van der Waals surface area contributed by atoms with Crippen LogP contribution in [0.3, 0.4) is 0 Å². The van der Waals surface area contributed by atoms with Crippen LogP contribution in [0.5, 0.6) is 0 Å². The van der Waals surface area contributed by atoms with Gasteiger partial charge in [-0.15, -0.1) is 0 Å². The first-order chi connectivity index (χ1) is 11.6. The number of rotatable bonds is 5. The van der Waals surface area contributed by atoms with Gasteiger partial charge >= 0.3 is 0 Å². The summed E-state index contributed by atoms with van der Waals surface area (Å²) in [6.45, 7) is 0.435. The van der Waals surface area contributed by atoms with Gasteiger partial charge in [-0.3, -0.25) is 10.2 Å². The van der Waals surface area contributed by atoms with E-state index in [1.165, 1.54) is 11.8 Å². The van der Waals surface area contributed by atoms with E-state index in [0.29, 0.717) is 17.0 Å². The Morgan fingerprint density at radius 3 is 2.54 bits per heavy atom. The van der Waals surface area contributed by atoms with Crippen molar-refractivity contribution in [2.75, 3.05) is 0 Å². The van der Waals surface area contributed by atoms with Crippen LogP contribution in [0, 0.1) is 5.41 Å². The van der Waals surface area contributed by atoms with Crippen LogP contribution in [-0.4, -0.2) is 11.7 Å². The van der Waals surface area contributed by atoms with Crippen molar-refractivity contribution in [3.8, 4) is 0 Å². The lowest BCUT2D eigenvalue weighted by Crippen LogP contribution is -2.23. The lowest BCUT2D eigenvalue weighted by atomic mass is 10.1. The molecule has 2 aromatic rings. The van der Waals surface area contributed by atoms with Crippen LogP contribution in [0.4, 0.5) is 0 Å². The predicted octanol–water partition coefficient (Wildman–Crippen LogP) is 2.46. The predicted molar refractivity (Wildman–Crippen MR) is 97.3 cm³/mol. The maximum atomic E-state index is 12.3. The lowest BCUT2D eigenvalue weighted by molar-refractivity contribution is -0.116. The van der Waals surface area contributed by atoms with Crippen molar-refractivity contribution in [1.29, 1.82) is 5.41 Å². The van der Waals surface area contributed by atoms with E-state index in [2.05, 4.69) is 10.6 Å². The Morgan fingerprint density at radius 2 is 1.88 bits per heavy atom. The molecule has 3 rings (SSSR count). The molecule has 1 unspecified atom stereocenters. The van der Waals surface area contributed by atoms with Gasteiger partial charge in [-0.2, -0.15) is 0 Å². The summed E-state index contributed by atoms with van der Waals surface area (Å²) in [4.78, 5) is 12.9. The highest BCUT2D eigenvalue weighted by Crippen LogP contribution is 2.36. The molecule has 1 atom stereocenters. The van der Waals surface area contributed by atoms with E-state index in [-0.39, 0.29) is 17.1 Å². The summed E-state index contributed by atoms with van der Waals surface area (Å²) in [6, 6.07) is 17.3. The summed E-state index contributed by atoms with van der Waals surface area (Å²) in [6.07, 6.45) is 1.76. The molecule has 0 bridgehead atoms. The van der Waals surface area contributed by atoms with Crippen molar-refractivity contribution in [2.24, 2.45) is 5.73 Å². The molecular formula is C18H18N4OS. The van der Waals surface area contributed by atoms with Crippen molar-refractivity contribution < 1.29 is 4.79 Å². The number of hydrogen-bond donors (Lipinski definition) is 4. The standard InChI is InChI=1S/C18H18N4OS/c19-16(20)13-8-6-12(7-9-13)10-21-17(23)15-11-22-18(24-15)14-4-2-1-3-5-14/h1-9,11,18,22H,10H2,(H3,19,20)(H,21,23). The molecule has 122 valence electrons. The van der Waals surface area contributed by atoms with Gasteiger partial charge in [0, 0.05) is 18.3 Å². The molecule has 0 fully saturated rings. The molecule has 24 heavy (non-hydrogen) atoms. The maximum absolute atomic E-state index is 12.3. The summed E-state index contributed by atoms with van der Waals surface area (Å²) >= 11 is 1.51. The summed E-state index contributed by atoms with van der Waals surface area (Å²) in [5.74, 6) is -0.0577. The Hall–Kier alpha value is -2.73. The summed E-state index contributed by atoms with van der Waals surface area (Å²) < 4.78 is 0. The third-order valence-electron chi connectivity index (χ3n) is 3.65. The molecule has 1 aliphatic rings. The summed E-state index contributed by atoms with van der Waals surface area (Å²) in [5, 5.41) is 13.6. The Morgan fingerprint density at radius 1 is 1.17 bits per heavy atom. The quantitative estimate of drug-likeness (QED) is 0.498. The number of amides is 1. The molecule has 0 saturated carbocycles. The number of carbonyl (C=O) groups is 1. The molecular weight excluding hydrogens is 320 g/mol. The summed E-state index contributed by atoms with van der Waals surface area (Å²) in [5.41, 5.74) is 8.20. The van der Waals surface area contributed by atoms with Gasteiger partial charge in [-0.05, 0) is 11.1 Å². The molecule has 5 nitrogen and oxygen atoms in total. The Kier molecular flexibility index (Phi) is 4.86. The fraction of sp³-hybridized carbons (Fsp3) is 0.111. The lowest BCUT2D eigenvalue weighted by Gasteiger charge is -2.11. The van der Waals surface area contributed by atoms with Crippen molar-refractivity contribution in [1.82, 2.24) is 10.6 Å². The van der Waals surface area contributed by atoms with E-state index in [4.69, 9.17) is 11.1 Å². The van der Waals surface area contributed by atoms with E-state index in [9.17, 15) is 4.79 Å². The first kappa shape index (κ1) is 16.1. The first-order valence-electron chi connectivity index (χ1n) is 7.53. The molecule has 0 saturated heterocycles.